The molecule has 1 fully saturated rings. The minimum atomic E-state index is -4.45. The lowest BCUT2D eigenvalue weighted by Crippen LogP contribution is -2.32. The summed E-state index contributed by atoms with van der Waals surface area (Å²) < 4.78 is 39.7. The lowest BCUT2D eigenvalue weighted by Gasteiger charge is -2.23. The van der Waals surface area contributed by atoms with E-state index in [1.165, 1.54) is 16.8 Å². The fraction of sp³-hybridized carbons (Fsp3) is 0.429. The molecule has 0 spiro atoms. The average Bonchev–Trinajstić information content (AvgIpc) is 2.77. The van der Waals surface area contributed by atoms with Crippen molar-refractivity contribution in [2.24, 2.45) is 0 Å². The summed E-state index contributed by atoms with van der Waals surface area (Å²) in [6.45, 7) is 5.71. The van der Waals surface area contributed by atoms with E-state index in [0.29, 0.717) is 22.4 Å². The standard InChI is InChI=1S/C19H18F3N5O.C2H6/c20-19(21,22)13-1-2-14(26-10-13)11-27-17-16(24-7-8-25-17)9-15(18(27)28)12-3-5-23-6-4-12;1-2/h1-2,7-10,12,23H,3-6,11H2;1-2H3. The zero-order valence-electron chi connectivity index (χ0n) is 16.9. The molecule has 3 aromatic rings. The van der Waals surface area contributed by atoms with Crippen molar-refractivity contribution >= 4 is 11.2 Å². The molecule has 1 saturated heterocycles. The highest BCUT2D eigenvalue weighted by Gasteiger charge is 2.30. The van der Waals surface area contributed by atoms with E-state index >= 15 is 0 Å². The molecule has 1 aliphatic rings. The normalized spacial score (nSPS) is 15.0. The Morgan fingerprint density at radius 2 is 1.80 bits per heavy atom. The Morgan fingerprint density at radius 1 is 1.10 bits per heavy atom. The quantitative estimate of drug-likeness (QED) is 0.700. The summed E-state index contributed by atoms with van der Waals surface area (Å²) in [7, 11) is 0. The molecule has 0 unspecified atom stereocenters. The maximum Gasteiger partial charge on any atom is 0.417 e. The Labute approximate surface area is 172 Å². The van der Waals surface area contributed by atoms with Crippen LogP contribution in [0.15, 0.2) is 41.6 Å². The van der Waals surface area contributed by atoms with Crippen LogP contribution in [0.5, 0.6) is 0 Å². The van der Waals surface area contributed by atoms with Crippen molar-refractivity contribution in [1.82, 2.24) is 24.8 Å². The van der Waals surface area contributed by atoms with Crippen LogP contribution in [-0.4, -0.2) is 32.6 Å². The second kappa shape index (κ2) is 9.34. The maximum absolute atomic E-state index is 13.2. The van der Waals surface area contributed by atoms with Gasteiger partial charge in [-0.2, -0.15) is 13.2 Å². The molecule has 6 nitrogen and oxygen atoms in total. The molecule has 0 aliphatic carbocycles. The molecular weight excluding hydrogens is 395 g/mol. The number of aromatic nitrogens is 4. The van der Waals surface area contributed by atoms with Gasteiger partial charge in [0.1, 0.15) is 5.52 Å². The van der Waals surface area contributed by atoms with Crippen LogP contribution >= 0.6 is 0 Å². The van der Waals surface area contributed by atoms with Crippen molar-refractivity contribution in [1.29, 1.82) is 0 Å². The molecule has 160 valence electrons. The van der Waals surface area contributed by atoms with Crippen LogP contribution in [0.3, 0.4) is 0 Å². The number of rotatable bonds is 3. The molecule has 1 N–H and O–H groups in total. The summed E-state index contributed by atoms with van der Waals surface area (Å²) in [4.78, 5) is 25.7. The fourth-order valence-electron chi connectivity index (χ4n) is 3.53. The molecule has 30 heavy (non-hydrogen) atoms. The molecule has 0 saturated carbocycles. The van der Waals surface area contributed by atoms with Crippen LogP contribution in [0, 0.1) is 0 Å². The number of nitrogens with zero attached hydrogens (tertiary/aromatic N) is 4. The van der Waals surface area contributed by atoms with Gasteiger partial charge in [-0.25, -0.2) is 4.98 Å². The molecule has 0 amide bonds. The lowest BCUT2D eigenvalue weighted by atomic mass is 9.91. The Balaban J connectivity index is 0.00000124. The van der Waals surface area contributed by atoms with Crippen molar-refractivity contribution in [3.8, 4) is 0 Å². The Bertz CT molecular complexity index is 1040. The summed E-state index contributed by atoms with van der Waals surface area (Å²) >= 11 is 0. The third kappa shape index (κ3) is 4.67. The van der Waals surface area contributed by atoms with Crippen LogP contribution in [0.4, 0.5) is 13.2 Å². The minimum Gasteiger partial charge on any atom is -0.317 e. The summed E-state index contributed by atoms with van der Waals surface area (Å²) in [6.07, 6.45) is 1.07. The number of hydrogen-bond donors (Lipinski definition) is 1. The summed E-state index contributed by atoms with van der Waals surface area (Å²) in [5.41, 5.74) is 0.985. The number of pyridine rings is 2. The second-order valence-electron chi connectivity index (χ2n) is 6.82. The average molecular weight is 419 g/mol. The van der Waals surface area contributed by atoms with E-state index < -0.39 is 11.7 Å². The minimum absolute atomic E-state index is 0.0327. The molecule has 9 heteroatoms. The predicted molar refractivity (Wildman–Crippen MR) is 108 cm³/mol. The topological polar surface area (TPSA) is 72.7 Å². The van der Waals surface area contributed by atoms with Crippen molar-refractivity contribution in [2.75, 3.05) is 13.1 Å². The van der Waals surface area contributed by atoms with E-state index in [-0.39, 0.29) is 18.0 Å². The van der Waals surface area contributed by atoms with Gasteiger partial charge in [-0.05, 0) is 50.0 Å². The van der Waals surface area contributed by atoms with Gasteiger partial charge in [0.05, 0.1) is 17.8 Å². The molecule has 4 rings (SSSR count). The zero-order valence-corrected chi connectivity index (χ0v) is 16.9. The van der Waals surface area contributed by atoms with E-state index in [4.69, 9.17) is 0 Å². The van der Waals surface area contributed by atoms with Gasteiger partial charge in [-0.15, -0.1) is 0 Å². The summed E-state index contributed by atoms with van der Waals surface area (Å²) in [6, 6.07) is 4.05. The largest absolute Gasteiger partial charge is 0.417 e. The maximum atomic E-state index is 13.2. The third-order valence-corrected chi connectivity index (χ3v) is 5.00. The van der Waals surface area contributed by atoms with E-state index in [2.05, 4.69) is 20.3 Å². The van der Waals surface area contributed by atoms with Crippen LogP contribution in [0.1, 0.15) is 49.4 Å². The van der Waals surface area contributed by atoms with Gasteiger partial charge in [0.25, 0.3) is 5.56 Å². The highest BCUT2D eigenvalue weighted by atomic mass is 19.4. The molecule has 0 bridgehead atoms. The number of nitrogens with one attached hydrogen (secondary N) is 1. The predicted octanol–water partition coefficient (Wildman–Crippen LogP) is 3.75. The zero-order chi connectivity index (χ0) is 21.7. The van der Waals surface area contributed by atoms with E-state index in [9.17, 15) is 18.0 Å². The van der Waals surface area contributed by atoms with Gasteiger partial charge in [0, 0.05) is 24.2 Å². The highest BCUT2D eigenvalue weighted by Crippen LogP contribution is 2.28. The molecule has 4 heterocycles. The number of fused-ring (bicyclic) bond motifs is 1. The first-order valence-electron chi connectivity index (χ1n) is 10.0. The first-order chi connectivity index (χ1) is 14.4. The molecular formula is C21H24F3N5O. The first-order valence-corrected chi connectivity index (χ1v) is 10.0. The highest BCUT2D eigenvalue weighted by molar-refractivity contribution is 5.70. The van der Waals surface area contributed by atoms with Crippen LogP contribution in [0.2, 0.25) is 0 Å². The molecule has 3 aromatic heterocycles. The van der Waals surface area contributed by atoms with Crippen molar-refractivity contribution in [2.45, 2.75) is 45.3 Å². The third-order valence-electron chi connectivity index (χ3n) is 5.00. The molecule has 0 radical (unpaired) electrons. The van der Waals surface area contributed by atoms with Gasteiger partial charge >= 0.3 is 6.18 Å². The summed E-state index contributed by atoms with van der Waals surface area (Å²) in [5, 5.41) is 3.27. The molecule has 0 aromatic carbocycles. The van der Waals surface area contributed by atoms with Gasteiger partial charge in [0.2, 0.25) is 0 Å². The van der Waals surface area contributed by atoms with Gasteiger partial charge in [0.15, 0.2) is 5.65 Å². The van der Waals surface area contributed by atoms with E-state index in [0.717, 1.165) is 38.2 Å². The van der Waals surface area contributed by atoms with Gasteiger partial charge in [-0.3, -0.25) is 19.3 Å². The van der Waals surface area contributed by atoms with Gasteiger partial charge in [-0.1, -0.05) is 13.8 Å². The number of hydrogen-bond acceptors (Lipinski definition) is 5. The Hall–Kier alpha value is -2.81. The number of halogens is 3. The molecule has 0 atom stereocenters. The first kappa shape index (κ1) is 21.9. The van der Waals surface area contributed by atoms with Crippen molar-refractivity contribution in [3.05, 3.63) is 64.0 Å². The molecule has 1 aliphatic heterocycles. The van der Waals surface area contributed by atoms with E-state index in [1.54, 1.807) is 12.3 Å². The summed E-state index contributed by atoms with van der Waals surface area (Å²) in [5.74, 6) is 0.118. The Morgan fingerprint density at radius 3 is 2.43 bits per heavy atom. The van der Waals surface area contributed by atoms with Crippen molar-refractivity contribution in [3.63, 3.8) is 0 Å². The fourth-order valence-corrected chi connectivity index (χ4v) is 3.53. The van der Waals surface area contributed by atoms with Crippen molar-refractivity contribution < 1.29 is 13.2 Å². The SMILES string of the molecule is CC.O=c1c(C2CCNCC2)cc2nccnc2n1Cc1ccc(C(F)(F)F)cn1. The van der Waals surface area contributed by atoms with Crippen LogP contribution < -0.4 is 10.9 Å². The smallest absolute Gasteiger partial charge is 0.317 e. The van der Waals surface area contributed by atoms with Gasteiger partial charge < -0.3 is 5.32 Å². The number of piperidine rings is 1. The lowest BCUT2D eigenvalue weighted by molar-refractivity contribution is -0.137. The van der Waals surface area contributed by atoms with Crippen LogP contribution in [0.25, 0.3) is 11.2 Å². The van der Waals surface area contributed by atoms with Crippen LogP contribution in [-0.2, 0) is 12.7 Å². The Kier molecular flexibility index (Phi) is 6.81. The monoisotopic (exact) mass is 419 g/mol. The second-order valence-corrected chi connectivity index (χ2v) is 6.82. The van der Waals surface area contributed by atoms with E-state index in [1.807, 2.05) is 13.8 Å². The number of alkyl halides is 3.